The second-order valence-corrected chi connectivity index (χ2v) is 19.5. The number of H-pyrrole nitrogens is 1. The maximum absolute atomic E-state index is 14.1. The summed E-state index contributed by atoms with van der Waals surface area (Å²) in [6.45, 7) is 6.95. The maximum atomic E-state index is 14.1. The lowest BCUT2D eigenvalue weighted by atomic mass is 9.71. The largest absolute Gasteiger partial charge is 0.487 e. The number of nitro groups is 1. The van der Waals surface area contributed by atoms with Crippen molar-refractivity contribution in [1.82, 2.24) is 20.0 Å². The number of allylic oxidation sites excluding steroid dienone is 1. The molecular weight excluding hydrogens is 832 g/mol. The van der Waals surface area contributed by atoms with Gasteiger partial charge in [0, 0.05) is 60.1 Å². The van der Waals surface area contributed by atoms with Crippen molar-refractivity contribution in [2.75, 3.05) is 31.1 Å². The predicted octanol–water partition coefficient (Wildman–Crippen LogP) is 8.80. The second kappa shape index (κ2) is 18.1. The van der Waals surface area contributed by atoms with Crippen LogP contribution in [0.3, 0.4) is 0 Å². The van der Waals surface area contributed by atoms with Crippen LogP contribution in [0.1, 0.15) is 81.1 Å². The van der Waals surface area contributed by atoms with E-state index < -0.39 is 31.4 Å². The molecule has 326 valence electrons. The van der Waals surface area contributed by atoms with E-state index in [9.17, 15) is 28.4 Å². The number of carbonyl (C=O) groups excluding carboxylic acids is 1. The Kier molecular flexibility index (Phi) is 12.6. The number of aromatic amines is 1. The molecule has 1 atom stereocenters. The van der Waals surface area contributed by atoms with Gasteiger partial charge in [-0.15, -0.1) is 0 Å². The normalized spacial score (nSPS) is 20.5. The zero-order valence-electron chi connectivity index (χ0n) is 34.7. The van der Waals surface area contributed by atoms with Crippen LogP contribution in [0.15, 0.2) is 95.7 Å². The molecule has 3 aliphatic rings. The fourth-order valence-corrected chi connectivity index (χ4v) is 9.94. The van der Waals surface area contributed by atoms with E-state index in [0.717, 1.165) is 68.8 Å². The van der Waals surface area contributed by atoms with Crippen molar-refractivity contribution in [3.63, 3.8) is 0 Å². The highest BCUT2D eigenvalue weighted by Gasteiger charge is 2.33. The Morgan fingerprint density at radius 1 is 1.05 bits per heavy atom. The number of hydrogen-bond donors (Lipinski definition) is 4. The topological polar surface area (TPSA) is 189 Å². The van der Waals surface area contributed by atoms with Crippen molar-refractivity contribution in [2.24, 2.45) is 11.3 Å². The van der Waals surface area contributed by atoms with Gasteiger partial charge in [0.15, 0.2) is 5.75 Å². The average molecular weight is 883 g/mol. The zero-order chi connectivity index (χ0) is 43.6. The first-order chi connectivity index (χ1) is 29.7. The number of aliphatic hydroxyl groups is 1. The summed E-state index contributed by atoms with van der Waals surface area (Å²) in [6.07, 6.45) is 9.41. The molecule has 8 rings (SSSR count). The Morgan fingerprint density at radius 3 is 2.61 bits per heavy atom. The number of sulfonamides is 1. The predicted molar refractivity (Wildman–Crippen MR) is 238 cm³/mol. The lowest BCUT2D eigenvalue weighted by Gasteiger charge is -2.41. The monoisotopic (exact) mass is 882 g/mol. The first-order valence-electron chi connectivity index (χ1n) is 21.1. The summed E-state index contributed by atoms with van der Waals surface area (Å²) in [5.74, 6) is -0.516. The molecule has 2 aromatic heterocycles. The number of pyridine rings is 1. The number of hydrogen-bond acceptors (Lipinski definition) is 11. The van der Waals surface area contributed by atoms with Crippen molar-refractivity contribution in [3.05, 3.63) is 117 Å². The first kappa shape index (κ1) is 43.2. The number of nitrogens with zero attached hydrogens (tertiary/aromatic N) is 3. The molecule has 4 N–H and O–H groups in total. The van der Waals surface area contributed by atoms with E-state index in [1.165, 1.54) is 35.0 Å². The summed E-state index contributed by atoms with van der Waals surface area (Å²) >= 11 is 6.28. The van der Waals surface area contributed by atoms with Crippen LogP contribution < -0.4 is 24.4 Å². The van der Waals surface area contributed by atoms with E-state index in [0.29, 0.717) is 35.8 Å². The number of aliphatic hydroxyl groups excluding tert-OH is 1. The molecule has 14 nitrogen and oxygen atoms in total. The molecular formula is C46H51ClN6O8S. The third-order valence-electron chi connectivity index (χ3n) is 12.3. The number of anilines is 1. The molecule has 3 aromatic carbocycles. The number of benzene rings is 3. The lowest BCUT2D eigenvalue weighted by molar-refractivity contribution is -0.386. The Bertz CT molecular complexity index is 2610. The van der Waals surface area contributed by atoms with Gasteiger partial charge in [0.2, 0.25) is 0 Å². The van der Waals surface area contributed by atoms with Crippen LogP contribution in [0.2, 0.25) is 5.02 Å². The summed E-state index contributed by atoms with van der Waals surface area (Å²) in [5.41, 5.74) is 4.92. The molecule has 1 unspecified atom stereocenters. The van der Waals surface area contributed by atoms with Gasteiger partial charge in [0.05, 0.1) is 34.3 Å². The molecule has 16 heteroatoms. The van der Waals surface area contributed by atoms with Crippen molar-refractivity contribution < 1.29 is 32.7 Å². The number of nitro benzene ring substituents is 1. The molecule has 1 amide bonds. The molecule has 1 saturated carbocycles. The highest BCUT2D eigenvalue weighted by atomic mass is 35.5. The lowest BCUT2D eigenvalue weighted by Crippen LogP contribution is -2.51. The van der Waals surface area contributed by atoms with Gasteiger partial charge in [0.25, 0.3) is 15.9 Å². The van der Waals surface area contributed by atoms with Crippen molar-refractivity contribution in [1.29, 1.82) is 0 Å². The third kappa shape index (κ3) is 9.91. The Morgan fingerprint density at radius 2 is 1.84 bits per heavy atom. The van der Waals surface area contributed by atoms with Crippen molar-refractivity contribution in [2.45, 2.75) is 82.3 Å². The van der Waals surface area contributed by atoms with Gasteiger partial charge in [-0.3, -0.25) is 14.9 Å². The number of nitrogens with one attached hydrogen (secondary N) is 3. The molecule has 0 spiro atoms. The fraction of sp³-hybridized carbons (Fsp3) is 0.391. The Hall–Kier alpha value is -5.48. The van der Waals surface area contributed by atoms with E-state index in [1.807, 2.05) is 18.2 Å². The van der Waals surface area contributed by atoms with E-state index in [-0.39, 0.29) is 47.1 Å². The first-order valence-corrected chi connectivity index (χ1v) is 22.9. The van der Waals surface area contributed by atoms with E-state index in [4.69, 9.17) is 21.1 Å². The van der Waals surface area contributed by atoms with E-state index in [2.05, 4.69) is 50.9 Å². The maximum Gasteiger partial charge on any atom is 0.312 e. The standard InChI is InChI=1S/C46H51ClN6O8S/c1-46(2)17-15-31(40(25-46)30-5-7-33(47)8-6-30)21-35-26-48-19-20-52(35)34-9-13-39(43(23-34)61-37-22-32-16-18-49-44(32)50-27-37)45(55)51-62(58,59)38-12-14-42(41(24-38)53(56)57)60-28-29-3-10-36(54)11-4-29/h5-9,12-14,16,18,22-24,27,29,35-36,48,54H,3-4,10-11,15,17,19-21,25-26,28H2,1-2H3,(H,49,50)(H,51,55). The van der Waals surface area contributed by atoms with Gasteiger partial charge in [0.1, 0.15) is 17.1 Å². The summed E-state index contributed by atoms with van der Waals surface area (Å²) < 4.78 is 41.8. The number of piperazine rings is 1. The molecule has 0 radical (unpaired) electrons. The average Bonchev–Trinajstić information content (AvgIpc) is 3.72. The van der Waals surface area contributed by atoms with Crippen LogP contribution >= 0.6 is 11.6 Å². The molecule has 3 heterocycles. The van der Waals surface area contributed by atoms with Crippen LogP contribution in [0.4, 0.5) is 11.4 Å². The van der Waals surface area contributed by atoms with Gasteiger partial charge in [-0.25, -0.2) is 18.1 Å². The van der Waals surface area contributed by atoms with Gasteiger partial charge in [-0.2, -0.15) is 0 Å². The summed E-state index contributed by atoms with van der Waals surface area (Å²) in [5, 5.41) is 27.0. The van der Waals surface area contributed by atoms with Gasteiger partial charge in [-0.1, -0.05) is 43.2 Å². The number of aromatic nitrogens is 2. The van der Waals surface area contributed by atoms with Crippen LogP contribution in [-0.4, -0.2) is 72.7 Å². The molecule has 0 bridgehead atoms. The molecule has 2 aliphatic carbocycles. The molecule has 5 aromatic rings. The third-order valence-corrected chi connectivity index (χ3v) is 13.9. The highest BCUT2D eigenvalue weighted by molar-refractivity contribution is 7.90. The van der Waals surface area contributed by atoms with Gasteiger partial charge < -0.3 is 29.8 Å². The number of fused-ring (bicyclic) bond motifs is 1. The van der Waals surface area contributed by atoms with Crippen molar-refractivity contribution >= 4 is 55.5 Å². The smallest absolute Gasteiger partial charge is 0.312 e. The molecule has 62 heavy (non-hydrogen) atoms. The van der Waals surface area contributed by atoms with Gasteiger partial charge >= 0.3 is 5.69 Å². The van der Waals surface area contributed by atoms with Crippen LogP contribution in [-0.2, 0) is 10.0 Å². The summed E-state index contributed by atoms with van der Waals surface area (Å²) in [7, 11) is -4.62. The highest BCUT2D eigenvalue weighted by Crippen LogP contribution is 2.45. The van der Waals surface area contributed by atoms with Crippen LogP contribution in [0.25, 0.3) is 16.6 Å². The Balaban J connectivity index is 1.08. The SMILES string of the molecule is CC1(C)CCC(CC2CNCCN2c2ccc(C(=O)NS(=O)(=O)c3ccc(OCC4CCC(O)CC4)c([N+](=O)[O-])c3)c(Oc3cnc4[nH]ccc4c3)c2)=C(c2ccc(Cl)cc2)C1. The van der Waals surface area contributed by atoms with E-state index >= 15 is 0 Å². The number of halogens is 1. The molecule has 2 fully saturated rings. The van der Waals surface area contributed by atoms with Crippen LogP contribution in [0, 0.1) is 21.4 Å². The van der Waals surface area contributed by atoms with Crippen molar-refractivity contribution in [3.8, 4) is 17.2 Å². The minimum Gasteiger partial charge on any atom is -0.487 e. The Labute approximate surface area is 365 Å². The summed E-state index contributed by atoms with van der Waals surface area (Å²) in [4.78, 5) is 34.8. The minimum atomic E-state index is -4.62. The molecule has 1 aliphatic heterocycles. The quantitative estimate of drug-likeness (QED) is 0.0654. The summed E-state index contributed by atoms with van der Waals surface area (Å²) in [6, 6.07) is 20.1. The number of amides is 1. The van der Waals surface area contributed by atoms with Crippen LogP contribution in [0.5, 0.6) is 17.2 Å². The van der Waals surface area contributed by atoms with E-state index in [1.54, 1.807) is 30.5 Å². The fourth-order valence-electron chi connectivity index (χ4n) is 8.83. The molecule has 1 saturated heterocycles. The second-order valence-electron chi connectivity index (χ2n) is 17.4. The number of carbonyl (C=O) groups is 1. The number of rotatable bonds is 13. The zero-order valence-corrected chi connectivity index (χ0v) is 36.3. The van der Waals surface area contributed by atoms with Gasteiger partial charge in [-0.05, 0) is 122 Å². The number of ether oxygens (including phenoxy) is 2. The minimum absolute atomic E-state index is 0.0614.